The molecule has 1 unspecified atom stereocenters. The lowest BCUT2D eigenvalue weighted by Crippen LogP contribution is -2.39. The molecule has 0 radical (unpaired) electrons. The van der Waals surface area contributed by atoms with E-state index in [1.807, 2.05) is 0 Å². The summed E-state index contributed by atoms with van der Waals surface area (Å²) >= 11 is 1.44. The molecular weight excluding hydrogens is 238 g/mol. The molecule has 94 valence electrons. The van der Waals surface area contributed by atoms with Crippen molar-refractivity contribution in [2.45, 2.75) is 37.0 Å². The van der Waals surface area contributed by atoms with Crippen LogP contribution in [0, 0.1) is 17.8 Å². The summed E-state index contributed by atoms with van der Waals surface area (Å²) in [5.41, 5.74) is 0. The van der Waals surface area contributed by atoms with E-state index in [0.717, 1.165) is 30.4 Å². The number of rotatable bonds is 3. The summed E-state index contributed by atoms with van der Waals surface area (Å²) in [5, 5.41) is 11.6. The summed E-state index contributed by atoms with van der Waals surface area (Å²) in [6, 6.07) is 0.0607. The number of aliphatic carboxylic acids is 1. The highest BCUT2D eigenvalue weighted by molar-refractivity contribution is 8.00. The molecule has 3 fully saturated rings. The Bertz CT molecular complexity index is 350. The highest BCUT2D eigenvalue weighted by Crippen LogP contribution is 2.54. The fourth-order valence-electron chi connectivity index (χ4n) is 3.15. The second-order valence-corrected chi connectivity index (χ2v) is 6.76. The molecule has 1 amide bonds. The molecule has 17 heavy (non-hydrogen) atoms. The Morgan fingerprint density at radius 3 is 2.41 bits per heavy atom. The van der Waals surface area contributed by atoms with Gasteiger partial charge in [0.05, 0.1) is 0 Å². The maximum Gasteiger partial charge on any atom is 0.316 e. The number of thioether (sulfide) groups is 1. The van der Waals surface area contributed by atoms with Gasteiger partial charge in [0.2, 0.25) is 5.91 Å². The first-order chi connectivity index (χ1) is 8.13. The molecule has 0 aromatic carbocycles. The molecule has 0 aromatic heterocycles. The highest BCUT2D eigenvalue weighted by atomic mass is 32.2. The fraction of sp³-hybridized carbons (Fsp3) is 0.833. The summed E-state index contributed by atoms with van der Waals surface area (Å²) in [5.74, 6) is 1.98. The summed E-state index contributed by atoms with van der Waals surface area (Å²) in [7, 11) is 0. The average Bonchev–Trinajstić information content (AvgIpc) is 2.75. The van der Waals surface area contributed by atoms with Crippen LogP contribution < -0.4 is 5.32 Å². The number of carboxylic acid groups (broad SMARTS) is 1. The summed E-state index contributed by atoms with van der Waals surface area (Å²) in [6.07, 6.45) is 4.01. The quantitative estimate of drug-likeness (QED) is 0.792. The third-order valence-corrected chi connectivity index (χ3v) is 5.62. The van der Waals surface area contributed by atoms with Gasteiger partial charge < -0.3 is 10.4 Å². The van der Waals surface area contributed by atoms with Crippen molar-refractivity contribution in [2.24, 2.45) is 17.8 Å². The second-order valence-electron chi connectivity index (χ2n) is 5.53. The van der Waals surface area contributed by atoms with Gasteiger partial charge in [0.25, 0.3) is 0 Å². The number of carbonyl (C=O) groups is 2. The van der Waals surface area contributed by atoms with Gasteiger partial charge >= 0.3 is 5.97 Å². The standard InChI is InChI=1S/C12H17NO3S/c14-11(8-2-6-1-7(6)3-8)13-9-4-10(12(15)16)17-5-9/h6-10H,1-5H2,(H,13,14)(H,15,16)/t6-,7+,8?,9-,10-/m0/s1. The van der Waals surface area contributed by atoms with Gasteiger partial charge in [-0.1, -0.05) is 0 Å². The average molecular weight is 255 g/mol. The normalized spacial score (nSPS) is 43.2. The zero-order valence-corrected chi connectivity index (χ0v) is 10.4. The van der Waals surface area contributed by atoms with Crippen molar-refractivity contribution < 1.29 is 14.7 Å². The molecular formula is C12H17NO3S. The van der Waals surface area contributed by atoms with Crippen LogP contribution in [0.3, 0.4) is 0 Å². The number of hydrogen-bond acceptors (Lipinski definition) is 3. The number of fused-ring (bicyclic) bond motifs is 1. The number of hydrogen-bond donors (Lipinski definition) is 2. The predicted molar refractivity (Wildman–Crippen MR) is 64.8 cm³/mol. The van der Waals surface area contributed by atoms with Crippen LogP contribution in [0.2, 0.25) is 0 Å². The minimum atomic E-state index is -0.756. The van der Waals surface area contributed by atoms with Crippen LogP contribution in [0.25, 0.3) is 0 Å². The lowest BCUT2D eigenvalue weighted by atomic mass is 10.0. The van der Waals surface area contributed by atoms with Crippen molar-refractivity contribution in [3.63, 3.8) is 0 Å². The Balaban J connectivity index is 1.47. The molecule has 0 bridgehead atoms. The topological polar surface area (TPSA) is 66.4 Å². The molecule has 3 aliphatic rings. The molecule has 1 saturated heterocycles. The Hall–Kier alpha value is -0.710. The third-order valence-electron chi connectivity index (χ3n) is 4.23. The van der Waals surface area contributed by atoms with Crippen LogP contribution in [-0.2, 0) is 9.59 Å². The van der Waals surface area contributed by atoms with Gasteiger partial charge in [0, 0.05) is 17.7 Å². The zero-order valence-electron chi connectivity index (χ0n) is 9.59. The molecule has 2 saturated carbocycles. The maximum absolute atomic E-state index is 12.0. The third kappa shape index (κ3) is 2.30. The number of amides is 1. The highest BCUT2D eigenvalue weighted by Gasteiger charge is 2.48. The van der Waals surface area contributed by atoms with E-state index in [0.29, 0.717) is 6.42 Å². The second kappa shape index (κ2) is 4.19. The Morgan fingerprint density at radius 1 is 1.12 bits per heavy atom. The first-order valence-electron chi connectivity index (χ1n) is 6.28. The van der Waals surface area contributed by atoms with Crippen LogP contribution >= 0.6 is 11.8 Å². The summed E-state index contributed by atoms with van der Waals surface area (Å²) < 4.78 is 0. The van der Waals surface area contributed by atoms with Crippen molar-refractivity contribution in [3.8, 4) is 0 Å². The molecule has 5 atom stereocenters. The Labute approximate surface area is 105 Å². The number of nitrogens with one attached hydrogen (secondary N) is 1. The van der Waals surface area contributed by atoms with E-state index in [4.69, 9.17) is 5.11 Å². The van der Waals surface area contributed by atoms with E-state index < -0.39 is 5.97 Å². The van der Waals surface area contributed by atoms with Crippen LogP contribution in [0.15, 0.2) is 0 Å². The lowest BCUT2D eigenvalue weighted by molar-refractivity contribution is -0.136. The van der Waals surface area contributed by atoms with Crippen LogP contribution in [0.1, 0.15) is 25.7 Å². The van der Waals surface area contributed by atoms with Crippen molar-refractivity contribution in [1.82, 2.24) is 5.32 Å². The van der Waals surface area contributed by atoms with Gasteiger partial charge in [-0.05, 0) is 37.5 Å². The lowest BCUT2D eigenvalue weighted by Gasteiger charge is -2.16. The SMILES string of the molecule is O=C(N[C@@H]1CS[C@H](C(=O)O)C1)C1C[C@@H]2C[C@@H]2C1. The number of carboxylic acids is 1. The largest absolute Gasteiger partial charge is 0.480 e. The molecule has 5 heteroatoms. The van der Waals surface area contributed by atoms with Crippen molar-refractivity contribution in [3.05, 3.63) is 0 Å². The van der Waals surface area contributed by atoms with E-state index in [-0.39, 0.29) is 23.1 Å². The molecule has 0 aromatic rings. The van der Waals surface area contributed by atoms with Crippen molar-refractivity contribution >= 4 is 23.6 Å². The minimum Gasteiger partial charge on any atom is -0.480 e. The molecule has 1 aliphatic heterocycles. The van der Waals surface area contributed by atoms with Gasteiger partial charge in [0.15, 0.2) is 0 Å². The van der Waals surface area contributed by atoms with Gasteiger partial charge in [-0.25, -0.2) is 0 Å². The molecule has 4 nitrogen and oxygen atoms in total. The first-order valence-corrected chi connectivity index (χ1v) is 7.33. The van der Waals surface area contributed by atoms with Gasteiger partial charge in [-0.3, -0.25) is 9.59 Å². The predicted octanol–water partition coefficient (Wildman–Crippen LogP) is 1.11. The van der Waals surface area contributed by atoms with E-state index >= 15 is 0 Å². The maximum atomic E-state index is 12.0. The van der Waals surface area contributed by atoms with Gasteiger partial charge in [-0.15, -0.1) is 11.8 Å². The number of carbonyl (C=O) groups excluding carboxylic acids is 1. The van der Waals surface area contributed by atoms with Gasteiger partial charge in [-0.2, -0.15) is 0 Å². The van der Waals surface area contributed by atoms with E-state index in [9.17, 15) is 9.59 Å². The van der Waals surface area contributed by atoms with Crippen LogP contribution in [-0.4, -0.2) is 34.0 Å². The Morgan fingerprint density at radius 2 is 1.82 bits per heavy atom. The fourth-order valence-corrected chi connectivity index (χ4v) is 4.34. The zero-order chi connectivity index (χ0) is 12.0. The molecule has 2 aliphatic carbocycles. The van der Waals surface area contributed by atoms with Crippen molar-refractivity contribution in [1.29, 1.82) is 0 Å². The minimum absolute atomic E-state index is 0.0607. The molecule has 3 rings (SSSR count). The Kier molecular flexibility index (Phi) is 2.81. The van der Waals surface area contributed by atoms with E-state index in [1.54, 1.807) is 0 Å². The van der Waals surface area contributed by atoms with Crippen LogP contribution in [0.4, 0.5) is 0 Å². The van der Waals surface area contributed by atoms with Crippen LogP contribution in [0.5, 0.6) is 0 Å². The summed E-state index contributed by atoms with van der Waals surface area (Å²) in [6.45, 7) is 0. The monoisotopic (exact) mass is 255 g/mol. The van der Waals surface area contributed by atoms with Gasteiger partial charge in [0.1, 0.15) is 5.25 Å². The van der Waals surface area contributed by atoms with Crippen molar-refractivity contribution in [2.75, 3.05) is 5.75 Å². The van der Waals surface area contributed by atoms with E-state index in [2.05, 4.69) is 5.32 Å². The smallest absolute Gasteiger partial charge is 0.316 e. The molecule has 0 spiro atoms. The first kappa shape index (κ1) is 11.4. The summed E-state index contributed by atoms with van der Waals surface area (Å²) in [4.78, 5) is 22.8. The molecule has 1 heterocycles. The van der Waals surface area contributed by atoms with E-state index in [1.165, 1.54) is 18.2 Å². The molecule has 2 N–H and O–H groups in total.